The molecule has 0 aromatic heterocycles. The average molecular weight is 497 g/mol. The molecule has 0 spiro atoms. The van der Waals surface area contributed by atoms with Crippen molar-refractivity contribution < 1.29 is 13.2 Å². The summed E-state index contributed by atoms with van der Waals surface area (Å²) in [5.74, 6) is -0.869. The summed E-state index contributed by atoms with van der Waals surface area (Å²) in [6.45, 7) is 8.23. The predicted molar refractivity (Wildman–Crippen MR) is 138 cm³/mol. The average Bonchev–Trinajstić information content (AvgIpc) is 2.79. The summed E-state index contributed by atoms with van der Waals surface area (Å²) < 4.78 is 34.2. The van der Waals surface area contributed by atoms with Crippen molar-refractivity contribution in [2.75, 3.05) is 11.5 Å². The van der Waals surface area contributed by atoms with Crippen LogP contribution in [0.3, 0.4) is 0 Å². The second kappa shape index (κ2) is 10.8. The number of nitrogens with two attached hydrogens (primary N) is 2. The maximum Gasteiger partial charge on any atom is 0.189 e. The van der Waals surface area contributed by atoms with E-state index in [9.17, 15) is 8.60 Å². The molecule has 0 aliphatic heterocycles. The Kier molecular flexibility index (Phi) is 8.08. The number of hydrogen-bond acceptors (Lipinski definition) is 7. The molecule has 35 heavy (non-hydrogen) atoms. The van der Waals surface area contributed by atoms with Crippen LogP contribution in [0.15, 0.2) is 85.2 Å². The van der Waals surface area contributed by atoms with Crippen LogP contribution in [0.2, 0.25) is 0 Å². The maximum atomic E-state index is 14.0. The molecule has 0 saturated heterocycles. The lowest BCUT2D eigenvalue weighted by molar-refractivity contribution is 0.404. The third-order valence-corrected chi connectivity index (χ3v) is 6.55. The van der Waals surface area contributed by atoms with E-state index in [1.807, 2.05) is 12.2 Å². The van der Waals surface area contributed by atoms with Gasteiger partial charge in [-0.3, -0.25) is 0 Å². The van der Waals surface area contributed by atoms with Crippen LogP contribution in [0, 0.1) is 18.2 Å². The lowest BCUT2D eigenvalue weighted by Crippen LogP contribution is -2.13. The van der Waals surface area contributed by atoms with Crippen LogP contribution >= 0.6 is 0 Å². The highest BCUT2D eigenvalue weighted by Gasteiger charge is 2.21. The molecule has 2 atom stereocenters. The molecule has 3 rings (SSSR count). The lowest BCUT2D eigenvalue weighted by Gasteiger charge is -2.26. The van der Waals surface area contributed by atoms with Gasteiger partial charge < -0.3 is 16.0 Å². The number of hydrogen-bond donors (Lipinski definition) is 3. The fourth-order valence-electron chi connectivity index (χ4n) is 3.67. The fraction of sp³-hybridized carbons (Fsp3) is 0.280. The highest BCUT2D eigenvalue weighted by atomic mass is 32.2. The van der Waals surface area contributed by atoms with Crippen LogP contribution in [0.1, 0.15) is 39.2 Å². The van der Waals surface area contributed by atoms with Gasteiger partial charge in [0, 0.05) is 6.07 Å². The Morgan fingerprint density at radius 2 is 1.86 bits per heavy atom. The summed E-state index contributed by atoms with van der Waals surface area (Å²) in [7, 11) is 0. The van der Waals surface area contributed by atoms with E-state index >= 15 is 0 Å². The van der Waals surface area contributed by atoms with Crippen molar-refractivity contribution >= 4 is 39.5 Å². The number of benzene rings is 2. The second-order valence-electron chi connectivity index (χ2n) is 8.78. The van der Waals surface area contributed by atoms with E-state index in [0.29, 0.717) is 22.6 Å². The second-order valence-corrected chi connectivity index (χ2v) is 9.72. The summed E-state index contributed by atoms with van der Waals surface area (Å²) in [5.41, 5.74) is 16.3. The summed E-state index contributed by atoms with van der Waals surface area (Å²) in [4.78, 5) is -0.344. The summed E-state index contributed by atoms with van der Waals surface area (Å²) in [6.07, 6.45) is 9.92. The first-order valence-electron chi connectivity index (χ1n) is 11.0. The van der Waals surface area contributed by atoms with E-state index < -0.39 is 16.9 Å². The Labute approximate surface area is 206 Å². The third-order valence-electron chi connectivity index (χ3n) is 5.84. The molecule has 0 heterocycles. The van der Waals surface area contributed by atoms with Crippen LogP contribution in [0.25, 0.3) is 0 Å². The van der Waals surface area contributed by atoms with Gasteiger partial charge in [-0.2, -0.15) is 10.2 Å². The van der Waals surface area contributed by atoms with Gasteiger partial charge in [0.15, 0.2) is 11.1 Å². The Bertz CT molecular complexity index is 1320. The van der Waals surface area contributed by atoms with E-state index in [-0.39, 0.29) is 27.4 Å². The van der Waals surface area contributed by atoms with Crippen LogP contribution < -0.4 is 11.5 Å². The largest absolute Gasteiger partial charge is 0.397 e. The van der Waals surface area contributed by atoms with Gasteiger partial charge >= 0.3 is 0 Å². The number of anilines is 2. The van der Waals surface area contributed by atoms with E-state index in [2.05, 4.69) is 53.4 Å². The molecule has 184 valence electrons. The molecule has 5 N–H and O–H groups in total. The molecule has 0 fully saturated rings. The molecule has 1 aliphatic rings. The summed E-state index contributed by atoms with van der Waals surface area (Å²) >= 11 is -2.44. The van der Waals surface area contributed by atoms with Gasteiger partial charge in [0.05, 0.1) is 22.8 Å². The van der Waals surface area contributed by atoms with Crippen molar-refractivity contribution in [1.29, 1.82) is 0 Å². The first-order chi connectivity index (χ1) is 16.5. The minimum Gasteiger partial charge on any atom is -0.397 e. The summed E-state index contributed by atoms with van der Waals surface area (Å²) in [5, 5.41) is 16.9. The molecule has 0 saturated carbocycles. The lowest BCUT2D eigenvalue weighted by atomic mass is 9.80. The number of halogens is 1. The van der Waals surface area contributed by atoms with Crippen LogP contribution in [0.5, 0.6) is 0 Å². The highest BCUT2D eigenvalue weighted by molar-refractivity contribution is 7.79. The monoisotopic (exact) mass is 496 g/mol. The first kappa shape index (κ1) is 26.1. The molecule has 2 aromatic carbocycles. The van der Waals surface area contributed by atoms with Crippen LogP contribution in [0.4, 0.5) is 32.8 Å². The smallest absolute Gasteiger partial charge is 0.189 e. The number of nitrogen functional groups attached to an aromatic ring is 2. The zero-order valence-corrected chi connectivity index (χ0v) is 20.9. The SMILES string of the molecule is CCC1(C)C=C(N=Nc2cc(C)c(N)c(N=Nc3ccc(S(=O)O)c(F)c3)c2N)C=CC=C(C)C1. The molecular formula is C25H29FN6O2S. The standard InChI is InChI=1S/C25H29FN6O2S/c1-5-25(4)13-15(2)7-6-8-18(14-25)30-31-20-11-16(3)22(27)24(23(20)28)32-29-17-9-10-21(35(33)34)19(26)12-17/h6-12,14H,5,13,27-28H2,1-4H3,(H,33,34). The van der Waals surface area contributed by atoms with Gasteiger partial charge in [-0.25, -0.2) is 8.60 Å². The number of allylic oxidation sites excluding steroid dienone is 5. The number of rotatable bonds is 6. The molecule has 0 radical (unpaired) electrons. The Balaban J connectivity index is 1.97. The van der Waals surface area contributed by atoms with E-state index in [1.54, 1.807) is 13.0 Å². The van der Waals surface area contributed by atoms with E-state index in [1.165, 1.54) is 17.7 Å². The zero-order valence-electron chi connectivity index (χ0n) is 20.1. The van der Waals surface area contributed by atoms with Crippen LogP contribution in [-0.4, -0.2) is 8.76 Å². The van der Waals surface area contributed by atoms with Gasteiger partial charge in [-0.05, 0) is 61.9 Å². The van der Waals surface area contributed by atoms with Gasteiger partial charge in [-0.1, -0.05) is 37.6 Å². The fourth-order valence-corrected chi connectivity index (χ4v) is 4.08. The molecule has 0 bridgehead atoms. The third kappa shape index (κ3) is 6.34. The van der Waals surface area contributed by atoms with Gasteiger partial charge in [0.25, 0.3) is 0 Å². The molecule has 0 amide bonds. The number of azo groups is 2. The molecular weight excluding hydrogens is 467 g/mol. The Hall–Kier alpha value is -3.50. The van der Waals surface area contributed by atoms with Gasteiger partial charge in [0.1, 0.15) is 22.1 Å². The van der Waals surface area contributed by atoms with Gasteiger partial charge in [0.2, 0.25) is 0 Å². The molecule has 2 unspecified atom stereocenters. The minimum atomic E-state index is -2.44. The van der Waals surface area contributed by atoms with Crippen molar-refractivity contribution in [2.24, 2.45) is 25.9 Å². The van der Waals surface area contributed by atoms with Gasteiger partial charge in [-0.15, -0.1) is 10.2 Å². The van der Waals surface area contributed by atoms with E-state index in [0.717, 1.165) is 18.9 Å². The summed E-state index contributed by atoms with van der Waals surface area (Å²) in [6, 6.07) is 5.26. The molecule has 2 aromatic rings. The molecule has 8 nitrogen and oxygen atoms in total. The number of aryl methyl sites for hydroxylation is 1. The van der Waals surface area contributed by atoms with E-state index in [4.69, 9.17) is 16.0 Å². The zero-order chi connectivity index (χ0) is 25.8. The van der Waals surface area contributed by atoms with Crippen LogP contribution in [-0.2, 0) is 11.1 Å². The van der Waals surface area contributed by atoms with Crippen molar-refractivity contribution in [3.05, 3.63) is 71.2 Å². The maximum absolute atomic E-state index is 14.0. The normalized spacial score (nSPS) is 19.5. The molecule has 10 heteroatoms. The minimum absolute atomic E-state index is 0.0465. The Morgan fingerprint density at radius 1 is 1.11 bits per heavy atom. The number of nitrogens with zero attached hydrogens (tertiary/aromatic N) is 4. The van der Waals surface area contributed by atoms with Crippen molar-refractivity contribution in [1.82, 2.24) is 0 Å². The first-order valence-corrected chi connectivity index (χ1v) is 12.1. The van der Waals surface area contributed by atoms with Crippen molar-refractivity contribution in [2.45, 2.75) is 45.4 Å². The molecule has 1 aliphatic carbocycles. The Morgan fingerprint density at radius 3 is 2.51 bits per heavy atom. The highest BCUT2D eigenvalue weighted by Crippen LogP contribution is 2.41. The topological polar surface area (TPSA) is 139 Å². The van der Waals surface area contributed by atoms with Crippen molar-refractivity contribution in [3.8, 4) is 0 Å². The quantitative estimate of drug-likeness (QED) is 0.215. The van der Waals surface area contributed by atoms with Crippen molar-refractivity contribution in [3.63, 3.8) is 0 Å². The predicted octanol–water partition coefficient (Wildman–Crippen LogP) is 7.58.